The van der Waals surface area contributed by atoms with Gasteiger partial charge in [-0.1, -0.05) is 6.42 Å². The van der Waals surface area contributed by atoms with Crippen molar-refractivity contribution >= 4 is 17.5 Å². The topological polar surface area (TPSA) is 105 Å². The van der Waals surface area contributed by atoms with Gasteiger partial charge in [-0.05, 0) is 12.8 Å². The van der Waals surface area contributed by atoms with Crippen LogP contribution in [-0.4, -0.2) is 27.0 Å². The summed E-state index contributed by atoms with van der Waals surface area (Å²) in [5.41, 5.74) is -0.0580. The van der Waals surface area contributed by atoms with Crippen LogP contribution in [0, 0.1) is 16.0 Å². The fourth-order valence-electron chi connectivity index (χ4n) is 2.23. The van der Waals surface area contributed by atoms with E-state index in [9.17, 15) is 14.9 Å². The van der Waals surface area contributed by atoms with Gasteiger partial charge in [0.05, 0.1) is 16.9 Å². The van der Waals surface area contributed by atoms with Crippen LogP contribution in [-0.2, 0) is 4.79 Å². The lowest BCUT2D eigenvalue weighted by atomic mass is 10.0. The maximum absolute atomic E-state index is 11.0. The largest absolute Gasteiger partial charge is 0.481 e. The quantitative estimate of drug-likeness (QED) is 0.622. The number of hydrogen-bond donors (Lipinski definition) is 2. The number of rotatable bonds is 4. The first-order chi connectivity index (χ1) is 8.58. The predicted molar refractivity (Wildman–Crippen MR) is 63.3 cm³/mol. The zero-order valence-electron chi connectivity index (χ0n) is 9.57. The first kappa shape index (κ1) is 12.3. The van der Waals surface area contributed by atoms with Crippen molar-refractivity contribution in [2.45, 2.75) is 25.3 Å². The van der Waals surface area contributed by atoms with Crippen LogP contribution in [0.3, 0.4) is 0 Å². The van der Waals surface area contributed by atoms with Gasteiger partial charge in [0.1, 0.15) is 5.82 Å². The number of hydrogen-bond acceptors (Lipinski definition) is 5. The van der Waals surface area contributed by atoms with Gasteiger partial charge in [-0.25, -0.2) is 4.98 Å². The molecule has 2 atom stereocenters. The van der Waals surface area contributed by atoms with E-state index >= 15 is 0 Å². The summed E-state index contributed by atoms with van der Waals surface area (Å²) in [7, 11) is 0. The molecule has 0 saturated heterocycles. The zero-order valence-corrected chi connectivity index (χ0v) is 9.57. The monoisotopic (exact) mass is 251 g/mol. The van der Waals surface area contributed by atoms with E-state index in [1.54, 1.807) is 0 Å². The third-order valence-corrected chi connectivity index (χ3v) is 3.12. The van der Waals surface area contributed by atoms with Crippen molar-refractivity contribution in [3.8, 4) is 0 Å². The summed E-state index contributed by atoms with van der Waals surface area (Å²) < 4.78 is 0. The van der Waals surface area contributed by atoms with E-state index in [1.165, 1.54) is 18.3 Å². The van der Waals surface area contributed by atoms with Gasteiger partial charge in [0.25, 0.3) is 5.69 Å². The molecule has 1 heterocycles. The highest BCUT2D eigenvalue weighted by Gasteiger charge is 2.33. The fourth-order valence-corrected chi connectivity index (χ4v) is 2.23. The fraction of sp³-hybridized carbons (Fsp3) is 0.455. The van der Waals surface area contributed by atoms with Crippen molar-refractivity contribution < 1.29 is 14.8 Å². The number of carboxylic acids is 1. The lowest BCUT2D eigenvalue weighted by Crippen LogP contribution is -2.30. The number of nitrogens with zero attached hydrogens (tertiary/aromatic N) is 2. The molecule has 18 heavy (non-hydrogen) atoms. The smallest absolute Gasteiger partial charge is 0.308 e. The van der Waals surface area contributed by atoms with Crippen LogP contribution < -0.4 is 5.32 Å². The Morgan fingerprint density at radius 2 is 2.33 bits per heavy atom. The molecule has 2 unspecified atom stereocenters. The Labute approximate surface area is 103 Å². The van der Waals surface area contributed by atoms with Crippen LogP contribution in [0.5, 0.6) is 0 Å². The van der Waals surface area contributed by atoms with E-state index in [1.807, 2.05) is 0 Å². The highest BCUT2D eigenvalue weighted by Crippen LogP contribution is 2.28. The van der Waals surface area contributed by atoms with Crippen LogP contribution in [0.25, 0.3) is 0 Å². The SMILES string of the molecule is O=C(O)C1CCCC1Nc1cc([N+](=O)[O-])ccn1. The Morgan fingerprint density at radius 1 is 1.56 bits per heavy atom. The minimum absolute atomic E-state index is 0.0580. The number of carboxylic acid groups (broad SMARTS) is 1. The molecule has 96 valence electrons. The Bertz CT molecular complexity index is 477. The van der Waals surface area contributed by atoms with Crippen molar-refractivity contribution in [3.63, 3.8) is 0 Å². The van der Waals surface area contributed by atoms with E-state index in [2.05, 4.69) is 10.3 Å². The molecule has 2 N–H and O–H groups in total. The Morgan fingerprint density at radius 3 is 3.00 bits per heavy atom. The van der Waals surface area contributed by atoms with E-state index in [0.29, 0.717) is 12.2 Å². The molecule has 7 nitrogen and oxygen atoms in total. The lowest BCUT2D eigenvalue weighted by Gasteiger charge is -2.17. The number of aromatic nitrogens is 1. The van der Waals surface area contributed by atoms with Crippen LogP contribution >= 0.6 is 0 Å². The average molecular weight is 251 g/mol. The molecule has 0 spiro atoms. The molecular weight excluding hydrogens is 238 g/mol. The van der Waals surface area contributed by atoms with Crippen molar-refractivity contribution in [3.05, 3.63) is 28.4 Å². The molecule has 0 radical (unpaired) electrons. The summed E-state index contributed by atoms with van der Waals surface area (Å²) in [5, 5.41) is 22.6. The maximum atomic E-state index is 11.0. The average Bonchev–Trinajstić information content (AvgIpc) is 2.77. The Balaban J connectivity index is 2.11. The first-order valence-electron chi connectivity index (χ1n) is 5.67. The molecule has 1 fully saturated rings. The van der Waals surface area contributed by atoms with Gasteiger partial charge in [-0.2, -0.15) is 0 Å². The second kappa shape index (κ2) is 4.99. The number of nitrogens with one attached hydrogen (secondary N) is 1. The van der Waals surface area contributed by atoms with Gasteiger partial charge in [0.15, 0.2) is 0 Å². The standard InChI is InChI=1S/C11H13N3O4/c15-11(16)8-2-1-3-9(8)13-10-6-7(14(17)18)4-5-12-10/h4-6,8-9H,1-3H2,(H,12,13)(H,15,16). The van der Waals surface area contributed by atoms with Gasteiger partial charge in [0, 0.05) is 18.3 Å². The maximum Gasteiger partial charge on any atom is 0.308 e. The van der Waals surface area contributed by atoms with Crippen molar-refractivity contribution in [2.75, 3.05) is 5.32 Å². The van der Waals surface area contributed by atoms with Gasteiger partial charge >= 0.3 is 5.97 Å². The molecular formula is C11H13N3O4. The van der Waals surface area contributed by atoms with Gasteiger partial charge in [-0.3, -0.25) is 14.9 Å². The molecule has 0 amide bonds. The second-order valence-corrected chi connectivity index (χ2v) is 4.28. The Kier molecular flexibility index (Phi) is 3.40. The highest BCUT2D eigenvalue weighted by atomic mass is 16.6. The van der Waals surface area contributed by atoms with Crippen molar-refractivity contribution in [1.29, 1.82) is 0 Å². The third kappa shape index (κ3) is 2.55. The molecule has 1 aliphatic rings. The van der Waals surface area contributed by atoms with Crippen molar-refractivity contribution in [2.24, 2.45) is 5.92 Å². The van der Waals surface area contributed by atoms with Crippen LogP contribution in [0.1, 0.15) is 19.3 Å². The summed E-state index contributed by atoms with van der Waals surface area (Å²) in [6, 6.07) is 2.41. The van der Waals surface area contributed by atoms with Crippen LogP contribution in [0.4, 0.5) is 11.5 Å². The normalized spacial score (nSPS) is 22.7. The van der Waals surface area contributed by atoms with E-state index in [0.717, 1.165) is 12.8 Å². The van der Waals surface area contributed by atoms with E-state index in [4.69, 9.17) is 5.11 Å². The number of nitro groups is 1. The molecule has 2 rings (SSSR count). The summed E-state index contributed by atoms with van der Waals surface area (Å²) in [6.45, 7) is 0. The minimum atomic E-state index is -0.838. The molecule has 0 aliphatic heterocycles. The molecule has 1 aromatic heterocycles. The highest BCUT2D eigenvalue weighted by molar-refractivity contribution is 5.72. The summed E-state index contributed by atoms with van der Waals surface area (Å²) in [4.78, 5) is 25.1. The summed E-state index contributed by atoms with van der Waals surface area (Å²) >= 11 is 0. The number of carbonyl (C=O) groups is 1. The lowest BCUT2D eigenvalue weighted by molar-refractivity contribution is -0.384. The van der Waals surface area contributed by atoms with E-state index < -0.39 is 16.8 Å². The summed E-state index contributed by atoms with van der Waals surface area (Å²) in [6.07, 6.45) is 3.54. The van der Waals surface area contributed by atoms with Crippen molar-refractivity contribution in [1.82, 2.24) is 4.98 Å². The Hall–Kier alpha value is -2.18. The predicted octanol–water partition coefficient (Wildman–Crippen LogP) is 1.65. The number of pyridine rings is 1. The van der Waals surface area contributed by atoms with Gasteiger partial charge < -0.3 is 10.4 Å². The zero-order chi connectivity index (χ0) is 13.1. The molecule has 0 aromatic carbocycles. The summed E-state index contributed by atoms with van der Waals surface area (Å²) in [5.74, 6) is -0.941. The van der Waals surface area contributed by atoms with Crippen LogP contribution in [0.15, 0.2) is 18.3 Å². The third-order valence-electron chi connectivity index (χ3n) is 3.12. The van der Waals surface area contributed by atoms with E-state index in [-0.39, 0.29) is 11.7 Å². The minimum Gasteiger partial charge on any atom is -0.481 e. The molecule has 0 bridgehead atoms. The molecule has 1 saturated carbocycles. The number of aliphatic carboxylic acids is 1. The molecule has 7 heteroatoms. The molecule has 1 aromatic rings. The van der Waals surface area contributed by atoms with Crippen LogP contribution in [0.2, 0.25) is 0 Å². The van der Waals surface area contributed by atoms with Gasteiger partial charge in [-0.15, -0.1) is 0 Å². The molecule has 1 aliphatic carbocycles. The number of anilines is 1. The van der Waals surface area contributed by atoms with Gasteiger partial charge in [0.2, 0.25) is 0 Å². The second-order valence-electron chi connectivity index (χ2n) is 4.28. The first-order valence-corrected chi connectivity index (χ1v) is 5.67.